The first-order valence-electron chi connectivity index (χ1n) is 11.8. The van der Waals surface area contributed by atoms with Gasteiger partial charge in [-0.05, 0) is 68.2 Å². The molecule has 0 unspecified atom stereocenters. The maximum Gasteiger partial charge on any atom is 0.321 e. The Balaban J connectivity index is 1.63. The Morgan fingerprint density at radius 1 is 1.03 bits per heavy atom. The van der Waals surface area contributed by atoms with Crippen molar-refractivity contribution in [2.24, 2.45) is 0 Å². The monoisotopic (exact) mass is 406 g/mol. The fraction of sp³-hybridized carbons (Fsp3) is 0.519. The maximum atomic E-state index is 13.0. The average molecular weight is 407 g/mol. The van der Waals surface area contributed by atoms with Gasteiger partial charge in [0.15, 0.2) is 0 Å². The third-order valence-corrected chi connectivity index (χ3v) is 6.39. The minimum atomic E-state index is 0.0128. The van der Waals surface area contributed by atoms with Gasteiger partial charge >= 0.3 is 6.03 Å². The van der Waals surface area contributed by atoms with Crippen LogP contribution in [0.15, 0.2) is 42.5 Å². The summed E-state index contributed by atoms with van der Waals surface area (Å²) in [6.45, 7) is 7.86. The normalized spacial score (nSPS) is 14.5. The smallest absolute Gasteiger partial charge is 0.321 e. The molecule has 0 saturated heterocycles. The number of nitrogens with one attached hydrogen (secondary N) is 1. The highest BCUT2D eigenvalue weighted by Gasteiger charge is 2.17. The summed E-state index contributed by atoms with van der Waals surface area (Å²) in [5, 5.41) is 3.13. The Bertz CT molecular complexity index is 823. The topological polar surface area (TPSA) is 32.3 Å². The quantitative estimate of drug-likeness (QED) is 0.493. The second-order valence-electron chi connectivity index (χ2n) is 8.92. The molecule has 1 saturated carbocycles. The number of rotatable bonds is 8. The van der Waals surface area contributed by atoms with Crippen LogP contribution in [0.2, 0.25) is 0 Å². The van der Waals surface area contributed by atoms with Crippen molar-refractivity contribution in [3.63, 3.8) is 0 Å². The third-order valence-electron chi connectivity index (χ3n) is 6.39. The van der Waals surface area contributed by atoms with Crippen LogP contribution >= 0.6 is 0 Å². The molecule has 3 heteroatoms. The number of nitrogens with zero attached hydrogens (tertiary/aromatic N) is 1. The number of benzene rings is 2. The van der Waals surface area contributed by atoms with Crippen LogP contribution in [-0.2, 0) is 6.42 Å². The number of unbranched alkanes of at least 4 members (excludes halogenated alkanes) is 1. The number of hydrogen-bond acceptors (Lipinski definition) is 1. The molecule has 0 spiro atoms. The van der Waals surface area contributed by atoms with Crippen molar-refractivity contribution in [1.29, 1.82) is 0 Å². The molecule has 1 aliphatic rings. The predicted octanol–water partition coefficient (Wildman–Crippen LogP) is 7.23. The van der Waals surface area contributed by atoms with Gasteiger partial charge in [0, 0.05) is 18.8 Å². The van der Waals surface area contributed by atoms with Gasteiger partial charge in [0.1, 0.15) is 0 Å². The van der Waals surface area contributed by atoms with E-state index in [9.17, 15) is 4.79 Å². The van der Waals surface area contributed by atoms with Crippen molar-refractivity contribution in [3.05, 3.63) is 64.7 Å². The number of aryl methyl sites for hydroxylation is 2. The van der Waals surface area contributed by atoms with Gasteiger partial charge in [-0.25, -0.2) is 4.79 Å². The summed E-state index contributed by atoms with van der Waals surface area (Å²) in [6.07, 6.45) is 9.78. The highest BCUT2D eigenvalue weighted by molar-refractivity contribution is 5.90. The summed E-state index contributed by atoms with van der Waals surface area (Å²) in [5.74, 6) is 0.725. The Hall–Kier alpha value is -2.29. The van der Waals surface area contributed by atoms with Gasteiger partial charge in [0.05, 0.1) is 0 Å². The molecule has 0 aliphatic heterocycles. The lowest BCUT2D eigenvalue weighted by Gasteiger charge is -2.25. The summed E-state index contributed by atoms with van der Waals surface area (Å²) < 4.78 is 0. The first kappa shape index (κ1) is 22.4. The largest absolute Gasteiger partial charge is 0.324 e. The molecule has 1 aliphatic carbocycles. The molecule has 3 nitrogen and oxygen atoms in total. The summed E-state index contributed by atoms with van der Waals surface area (Å²) in [5.41, 5.74) is 6.07. The van der Waals surface area contributed by atoms with E-state index in [0.717, 1.165) is 49.5 Å². The Kier molecular flexibility index (Phi) is 8.36. The Morgan fingerprint density at radius 3 is 2.57 bits per heavy atom. The van der Waals surface area contributed by atoms with E-state index >= 15 is 0 Å². The van der Waals surface area contributed by atoms with Crippen molar-refractivity contribution in [3.8, 4) is 0 Å². The number of amides is 2. The lowest BCUT2D eigenvalue weighted by Crippen LogP contribution is -2.37. The van der Waals surface area contributed by atoms with Gasteiger partial charge in [-0.1, -0.05) is 74.6 Å². The zero-order valence-corrected chi connectivity index (χ0v) is 19.0. The summed E-state index contributed by atoms with van der Waals surface area (Å²) in [6, 6.07) is 15.3. The SMILES string of the molecule is CCCCN(CCc1cccc(C2CCCCC2)c1)C(=O)Nc1ccc(C)cc1C. The number of carbonyl (C=O) groups is 1. The molecule has 2 aromatic carbocycles. The second-order valence-corrected chi connectivity index (χ2v) is 8.92. The van der Waals surface area contributed by atoms with Crippen molar-refractivity contribution < 1.29 is 4.79 Å². The van der Waals surface area contributed by atoms with E-state index in [1.54, 1.807) is 0 Å². The first-order chi connectivity index (χ1) is 14.6. The summed E-state index contributed by atoms with van der Waals surface area (Å²) in [4.78, 5) is 15.0. The zero-order chi connectivity index (χ0) is 21.3. The lowest BCUT2D eigenvalue weighted by atomic mass is 9.83. The lowest BCUT2D eigenvalue weighted by molar-refractivity contribution is 0.211. The maximum absolute atomic E-state index is 13.0. The molecule has 3 rings (SSSR count). The fourth-order valence-electron chi connectivity index (χ4n) is 4.51. The Morgan fingerprint density at radius 2 is 1.83 bits per heavy atom. The van der Waals surface area contributed by atoms with Crippen LogP contribution in [0.5, 0.6) is 0 Å². The molecule has 0 radical (unpaired) electrons. The second kappa shape index (κ2) is 11.2. The van der Waals surface area contributed by atoms with Crippen LogP contribution in [-0.4, -0.2) is 24.0 Å². The minimum Gasteiger partial charge on any atom is -0.324 e. The number of urea groups is 1. The predicted molar refractivity (Wildman–Crippen MR) is 127 cm³/mol. The molecule has 0 heterocycles. The number of hydrogen-bond donors (Lipinski definition) is 1. The zero-order valence-electron chi connectivity index (χ0n) is 19.0. The summed E-state index contributed by atoms with van der Waals surface area (Å²) in [7, 11) is 0. The van der Waals surface area contributed by atoms with E-state index in [2.05, 4.69) is 62.5 Å². The van der Waals surface area contributed by atoms with Crippen LogP contribution in [0, 0.1) is 13.8 Å². The van der Waals surface area contributed by atoms with Crippen molar-refractivity contribution >= 4 is 11.7 Å². The molecule has 0 bridgehead atoms. The van der Waals surface area contributed by atoms with Gasteiger partial charge in [-0.2, -0.15) is 0 Å². The molecule has 30 heavy (non-hydrogen) atoms. The molecule has 0 atom stereocenters. The first-order valence-corrected chi connectivity index (χ1v) is 11.8. The molecule has 2 amide bonds. The highest BCUT2D eigenvalue weighted by atomic mass is 16.2. The van der Waals surface area contributed by atoms with E-state index < -0.39 is 0 Å². The van der Waals surface area contributed by atoms with Crippen LogP contribution in [0.25, 0.3) is 0 Å². The molecule has 162 valence electrons. The van der Waals surface area contributed by atoms with E-state index in [1.165, 1.54) is 48.8 Å². The number of anilines is 1. The minimum absolute atomic E-state index is 0.0128. The Labute approximate surface area is 182 Å². The van der Waals surface area contributed by atoms with E-state index in [4.69, 9.17) is 0 Å². The standard InChI is InChI=1S/C27H38N2O/c1-4-5-17-29(27(30)28-26-15-14-21(2)19-22(26)3)18-16-23-10-9-13-25(20-23)24-11-7-6-8-12-24/h9-10,13-15,19-20,24H,4-8,11-12,16-18H2,1-3H3,(H,28,30). The third kappa shape index (κ3) is 6.35. The molecule has 2 aromatic rings. The van der Waals surface area contributed by atoms with Gasteiger partial charge in [-0.3, -0.25) is 0 Å². The van der Waals surface area contributed by atoms with Crippen LogP contribution in [0.1, 0.15) is 80.0 Å². The fourth-order valence-corrected chi connectivity index (χ4v) is 4.51. The molecule has 0 aromatic heterocycles. The van der Waals surface area contributed by atoms with Crippen molar-refractivity contribution in [2.45, 2.75) is 78.1 Å². The van der Waals surface area contributed by atoms with E-state index in [-0.39, 0.29) is 6.03 Å². The van der Waals surface area contributed by atoms with E-state index in [0.29, 0.717) is 0 Å². The van der Waals surface area contributed by atoms with Gasteiger partial charge < -0.3 is 10.2 Å². The van der Waals surface area contributed by atoms with Crippen LogP contribution < -0.4 is 5.32 Å². The van der Waals surface area contributed by atoms with Gasteiger partial charge in [0.25, 0.3) is 0 Å². The summed E-state index contributed by atoms with van der Waals surface area (Å²) >= 11 is 0. The molecular weight excluding hydrogens is 368 g/mol. The van der Waals surface area contributed by atoms with Crippen molar-refractivity contribution in [1.82, 2.24) is 4.90 Å². The highest BCUT2D eigenvalue weighted by Crippen LogP contribution is 2.32. The average Bonchev–Trinajstić information content (AvgIpc) is 2.76. The van der Waals surface area contributed by atoms with Crippen LogP contribution in [0.3, 0.4) is 0 Å². The van der Waals surface area contributed by atoms with Crippen LogP contribution in [0.4, 0.5) is 10.5 Å². The molecule has 1 fully saturated rings. The van der Waals surface area contributed by atoms with Crippen molar-refractivity contribution in [2.75, 3.05) is 18.4 Å². The van der Waals surface area contributed by atoms with E-state index in [1.807, 2.05) is 11.0 Å². The molecule has 1 N–H and O–H groups in total. The van der Waals surface area contributed by atoms with Gasteiger partial charge in [-0.15, -0.1) is 0 Å². The molecular formula is C27H38N2O. The number of carbonyl (C=O) groups excluding carboxylic acids is 1. The van der Waals surface area contributed by atoms with Gasteiger partial charge in [0.2, 0.25) is 0 Å².